The molecule has 0 aromatic carbocycles. The van der Waals surface area contributed by atoms with E-state index in [9.17, 15) is 4.79 Å². The third kappa shape index (κ3) is 3.06. The van der Waals surface area contributed by atoms with Gasteiger partial charge in [0.1, 0.15) is 5.69 Å². The zero-order chi connectivity index (χ0) is 14.5. The Bertz CT molecular complexity index is 729. The molecular formula is C13H10N6O2. The van der Waals surface area contributed by atoms with Crippen molar-refractivity contribution in [2.45, 2.75) is 6.54 Å². The average Bonchev–Trinajstić information content (AvgIpc) is 3.04. The SMILES string of the molecule is O=C(NCc1cccnc1)c1nc(-c2cnccn2)no1. The number of hydrogen-bond donors (Lipinski definition) is 1. The molecule has 0 saturated carbocycles. The minimum absolute atomic E-state index is 0.125. The fourth-order valence-electron chi connectivity index (χ4n) is 1.59. The molecule has 0 aliphatic carbocycles. The Hall–Kier alpha value is -3.16. The number of amides is 1. The molecule has 3 heterocycles. The van der Waals surface area contributed by atoms with Crippen LogP contribution in [-0.4, -0.2) is 31.0 Å². The Morgan fingerprint density at radius 1 is 1.19 bits per heavy atom. The maximum Gasteiger partial charge on any atom is 0.316 e. The van der Waals surface area contributed by atoms with Gasteiger partial charge in [0.05, 0.1) is 6.20 Å². The molecule has 0 fully saturated rings. The smallest absolute Gasteiger partial charge is 0.316 e. The molecule has 3 aromatic rings. The van der Waals surface area contributed by atoms with Crippen molar-refractivity contribution in [2.75, 3.05) is 0 Å². The standard InChI is InChI=1S/C13H10N6O2/c20-12(17-7-9-2-1-3-14-6-9)13-18-11(19-21-13)10-8-15-4-5-16-10/h1-6,8H,7H2,(H,17,20). The van der Waals surface area contributed by atoms with Crippen molar-refractivity contribution in [1.29, 1.82) is 0 Å². The average molecular weight is 282 g/mol. The van der Waals surface area contributed by atoms with Gasteiger partial charge in [0, 0.05) is 31.3 Å². The molecule has 1 amide bonds. The van der Waals surface area contributed by atoms with E-state index >= 15 is 0 Å². The van der Waals surface area contributed by atoms with E-state index in [1.165, 1.54) is 18.6 Å². The van der Waals surface area contributed by atoms with E-state index in [1.54, 1.807) is 18.5 Å². The van der Waals surface area contributed by atoms with Crippen molar-refractivity contribution >= 4 is 5.91 Å². The lowest BCUT2D eigenvalue weighted by Gasteiger charge is -2.00. The Morgan fingerprint density at radius 3 is 2.86 bits per heavy atom. The van der Waals surface area contributed by atoms with Gasteiger partial charge in [-0.15, -0.1) is 0 Å². The summed E-state index contributed by atoms with van der Waals surface area (Å²) in [6.45, 7) is 0.329. The van der Waals surface area contributed by atoms with Crippen LogP contribution in [0.25, 0.3) is 11.5 Å². The molecule has 21 heavy (non-hydrogen) atoms. The van der Waals surface area contributed by atoms with Gasteiger partial charge >= 0.3 is 11.8 Å². The predicted octanol–water partition coefficient (Wildman–Crippen LogP) is 0.852. The number of nitrogens with zero attached hydrogens (tertiary/aromatic N) is 5. The van der Waals surface area contributed by atoms with Crippen molar-refractivity contribution in [1.82, 2.24) is 30.4 Å². The second-order valence-electron chi connectivity index (χ2n) is 4.06. The summed E-state index contributed by atoms with van der Waals surface area (Å²) in [7, 11) is 0. The lowest BCUT2D eigenvalue weighted by molar-refractivity contribution is 0.0907. The summed E-state index contributed by atoms with van der Waals surface area (Å²) >= 11 is 0. The molecule has 0 bridgehead atoms. The number of nitrogens with one attached hydrogen (secondary N) is 1. The first kappa shape index (κ1) is 12.9. The summed E-state index contributed by atoms with van der Waals surface area (Å²) in [6, 6.07) is 3.65. The highest BCUT2D eigenvalue weighted by Crippen LogP contribution is 2.10. The lowest BCUT2D eigenvalue weighted by atomic mass is 10.3. The molecule has 0 aliphatic heterocycles. The number of hydrogen-bond acceptors (Lipinski definition) is 7. The van der Waals surface area contributed by atoms with E-state index in [1.807, 2.05) is 6.07 Å². The van der Waals surface area contributed by atoms with E-state index < -0.39 is 5.91 Å². The maximum atomic E-state index is 11.9. The molecule has 3 aromatic heterocycles. The largest absolute Gasteiger partial charge is 0.344 e. The second-order valence-corrected chi connectivity index (χ2v) is 4.06. The van der Waals surface area contributed by atoms with Crippen LogP contribution in [0.2, 0.25) is 0 Å². The minimum Gasteiger partial charge on any atom is -0.344 e. The summed E-state index contributed by atoms with van der Waals surface area (Å²) in [6.07, 6.45) is 7.86. The van der Waals surface area contributed by atoms with Gasteiger partial charge in [-0.05, 0) is 11.6 Å². The van der Waals surface area contributed by atoms with Crippen LogP contribution in [0.5, 0.6) is 0 Å². The first-order valence-corrected chi connectivity index (χ1v) is 6.10. The second kappa shape index (κ2) is 5.87. The highest BCUT2D eigenvalue weighted by molar-refractivity contribution is 5.89. The molecule has 104 valence electrons. The number of carbonyl (C=O) groups excluding carboxylic acids is 1. The predicted molar refractivity (Wildman–Crippen MR) is 70.7 cm³/mol. The van der Waals surface area contributed by atoms with E-state index in [4.69, 9.17) is 4.52 Å². The molecule has 0 saturated heterocycles. The quantitative estimate of drug-likeness (QED) is 0.755. The van der Waals surface area contributed by atoms with Crippen LogP contribution in [0.15, 0.2) is 47.6 Å². The summed E-state index contributed by atoms with van der Waals surface area (Å²) in [5.41, 5.74) is 1.31. The van der Waals surface area contributed by atoms with Crippen molar-refractivity contribution in [3.05, 3.63) is 54.6 Å². The minimum atomic E-state index is -0.457. The molecule has 0 unspecified atom stereocenters. The van der Waals surface area contributed by atoms with Gasteiger partial charge in [0.15, 0.2) is 0 Å². The molecular weight excluding hydrogens is 272 g/mol. The first-order valence-electron chi connectivity index (χ1n) is 6.10. The topological polar surface area (TPSA) is 107 Å². The van der Waals surface area contributed by atoms with Gasteiger partial charge in [0.25, 0.3) is 0 Å². The summed E-state index contributed by atoms with van der Waals surface area (Å²) in [5.74, 6) is -0.365. The molecule has 0 aliphatic rings. The van der Waals surface area contributed by atoms with Crippen molar-refractivity contribution in [3.63, 3.8) is 0 Å². The van der Waals surface area contributed by atoms with E-state index in [-0.39, 0.29) is 11.7 Å². The highest BCUT2D eigenvalue weighted by atomic mass is 16.5. The molecule has 1 N–H and O–H groups in total. The van der Waals surface area contributed by atoms with Crippen LogP contribution in [0.4, 0.5) is 0 Å². The van der Waals surface area contributed by atoms with Gasteiger partial charge in [-0.25, -0.2) is 4.98 Å². The molecule has 3 rings (SSSR count). The van der Waals surface area contributed by atoms with Gasteiger partial charge in [-0.1, -0.05) is 11.2 Å². The molecule has 0 spiro atoms. The fraction of sp³-hybridized carbons (Fsp3) is 0.0769. The molecule has 0 atom stereocenters. The van der Waals surface area contributed by atoms with Crippen LogP contribution in [0, 0.1) is 0 Å². The normalized spacial score (nSPS) is 10.3. The summed E-state index contributed by atoms with van der Waals surface area (Å²) in [4.78, 5) is 27.8. The molecule has 8 nitrogen and oxygen atoms in total. The van der Waals surface area contributed by atoms with Crippen molar-refractivity contribution < 1.29 is 9.32 Å². The van der Waals surface area contributed by atoms with Crippen molar-refractivity contribution in [3.8, 4) is 11.5 Å². The Morgan fingerprint density at radius 2 is 2.10 bits per heavy atom. The van der Waals surface area contributed by atoms with Crippen LogP contribution < -0.4 is 5.32 Å². The van der Waals surface area contributed by atoms with Crippen LogP contribution in [-0.2, 0) is 6.54 Å². The summed E-state index contributed by atoms with van der Waals surface area (Å²) in [5, 5.41) is 6.37. The van der Waals surface area contributed by atoms with Gasteiger partial charge < -0.3 is 9.84 Å². The summed E-state index contributed by atoms with van der Waals surface area (Å²) < 4.78 is 4.91. The number of rotatable bonds is 4. The van der Waals surface area contributed by atoms with E-state index in [0.717, 1.165) is 5.56 Å². The monoisotopic (exact) mass is 282 g/mol. The Balaban J connectivity index is 1.67. The zero-order valence-corrected chi connectivity index (χ0v) is 10.8. The van der Waals surface area contributed by atoms with Gasteiger partial charge in [0.2, 0.25) is 5.82 Å². The molecule has 8 heteroatoms. The highest BCUT2D eigenvalue weighted by Gasteiger charge is 2.16. The number of pyridine rings is 1. The third-order valence-electron chi connectivity index (χ3n) is 2.59. The number of carbonyl (C=O) groups is 1. The lowest BCUT2D eigenvalue weighted by Crippen LogP contribution is -2.23. The Kier molecular flexibility index (Phi) is 3.59. The zero-order valence-electron chi connectivity index (χ0n) is 10.8. The fourth-order valence-corrected chi connectivity index (χ4v) is 1.59. The van der Waals surface area contributed by atoms with Crippen LogP contribution >= 0.6 is 0 Å². The van der Waals surface area contributed by atoms with Crippen LogP contribution in [0.1, 0.15) is 16.2 Å². The van der Waals surface area contributed by atoms with Crippen molar-refractivity contribution in [2.24, 2.45) is 0 Å². The number of aromatic nitrogens is 5. The van der Waals surface area contributed by atoms with E-state index in [0.29, 0.717) is 12.2 Å². The van der Waals surface area contributed by atoms with E-state index in [2.05, 4.69) is 30.4 Å². The van der Waals surface area contributed by atoms with Gasteiger partial charge in [-0.2, -0.15) is 4.98 Å². The Labute approximate surface area is 119 Å². The third-order valence-corrected chi connectivity index (χ3v) is 2.59. The first-order chi connectivity index (χ1) is 10.3. The maximum absolute atomic E-state index is 11.9. The van der Waals surface area contributed by atoms with Gasteiger partial charge in [-0.3, -0.25) is 14.8 Å². The van der Waals surface area contributed by atoms with Crippen LogP contribution in [0.3, 0.4) is 0 Å². The molecule has 0 radical (unpaired) electrons.